The molecule has 0 aromatic rings. The molecule has 2 N–H and O–H groups in total. The molecular formula is C14H32N2O. The predicted octanol–water partition coefficient (Wildman–Crippen LogP) is 3.69. The number of rotatable bonds is 13. The molecule has 0 aromatic carbocycles. The van der Waals surface area contributed by atoms with Crippen molar-refractivity contribution < 1.29 is 4.74 Å². The van der Waals surface area contributed by atoms with Gasteiger partial charge in [-0.2, -0.15) is 0 Å². The summed E-state index contributed by atoms with van der Waals surface area (Å²) < 4.78 is 4.95. The molecular weight excluding hydrogens is 212 g/mol. The van der Waals surface area contributed by atoms with Crippen LogP contribution in [0, 0.1) is 0 Å². The Balaban J connectivity index is 2.98. The van der Waals surface area contributed by atoms with Gasteiger partial charge in [0.25, 0.3) is 0 Å². The van der Waals surface area contributed by atoms with Crippen molar-refractivity contribution in [2.45, 2.75) is 71.1 Å². The molecule has 0 bridgehead atoms. The van der Waals surface area contributed by atoms with Crippen LogP contribution < -0.4 is 5.84 Å². The van der Waals surface area contributed by atoms with Gasteiger partial charge in [0.15, 0.2) is 0 Å². The maximum atomic E-state index is 5.70. The maximum absolute atomic E-state index is 5.70. The van der Waals surface area contributed by atoms with E-state index in [9.17, 15) is 0 Å². The summed E-state index contributed by atoms with van der Waals surface area (Å²) in [6, 6.07) is 0. The molecule has 0 aliphatic carbocycles. The molecule has 104 valence electrons. The van der Waals surface area contributed by atoms with Gasteiger partial charge in [0, 0.05) is 13.7 Å². The Labute approximate surface area is 108 Å². The van der Waals surface area contributed by atoms with E-state index in [0.29, 0.717) is 6.73 Å². The van der Waals surface area contributed by atoms with Crippen molar-refractivity contribution in [2.75, 3.05) is 20.4 Å². The highest BCUT2D eigenvalue weighted by atomic mass is 16.5. The molecule has 0 aliphatic rings. The summed E-state index contributed by atoms with van der Waals surface area (Å²) in [5, 5.41) is 1.74. The molecule has 0 fully saturated rings. The van der Waals surface area contributed by atoms with E-state index in [1.165, 1.54) is 64.2 Å². The first-order valence-corrected chi connectivity index (χ1v) is 7.29. The van der Waals surface area contributed by atoms with Crippen molar-refractivity contribution in [3.8, 4) is 0 Å². The molecule has 0 heterocycles. The summed E-state index contributed by atoms with van der Waals surface area (Å²) in [5.41, 5.74) is 0. The topological polar surface area (TPSA) is 38.5 Å². The zero-order valence-electron chi connectivity index (χ0n) is 11.9. The van der Waals surface area contributed by atoms with Gasteiger partial charge in [-0.05, 0) is 6.42 Å². The van der Waals surface area contributed by atoms with E-state index in [4.69, 9.17) is 10.6 Å². The van der Waals surface area contributed by atoms with Crippen LogP contribution in [-0.2, 0) is 4.74 Å². The summed E-state index contributed by atoms with van der Waals surface area (Å²) >= 11 is 0. The quantitative estimate of drug-likeness (QED) is 0.232. The van der Waals surface area contributed by atoms with Crippen LogP contribution in [0.2, 0.25) is 0 Å². The lowest BCUT2D eigenvalue weighted by Gasteiger charge is -2.14. The third-order valence-electron chi connectivity index (χ3n) is 3.09. The summed E-state index contributed by atoms with van der Waals surface area (Å²) in [7, 11) is 1.68. The third kappa shape index (κ3) is 13.8. The van der Waals surface area contributed by atoms with E-state index < -0.39 is 0 Å². The van der Waals surface area contributed by atoms with Crippen molar-refractivity contribution in [1.82, 2.24) is 5.01 Å². The molecule has 0 spiro atoms. The zero-order chi connectivity index (χ0) is 12.8. The van der Waals surface area contributed by atoms with Gasteiger partial charge >= 0.3 is 0 Å². The number of nitrogens with zero attached hydrogens (tertiary/aromatic N) is 1. The highest BCUT2D eigenvalue weighted by Gasteiger charge is 1.97. The zero-order valence-corrected chi connectivity index (χ0v) is 11.9. The van der Waals surface area contributed by atoms with Crippen LogP contribution in [-0.4, -0.2) is 25.4 Å². The molecule has 3 heteroatoms. The van der Waals surface area contributed by atoms with Gasteiger partial charge in [-0.1, -0.05) is 64.7 Å². The number of methoxy groups -OCH3 is 1. The lowest BCUT2D eigenvalue weighted by molar-refractivity contribution is 0.0619. The van der Waals surface area contributed by atoms with Gasteiger partial charge < -0.3 is 4.74 Å². The van der Waals surface area contributed by atoms with Crippen molar-refractivity contribution in [2.24, 2.45) is 5.84 Å². The Hall–Kier alpha value is -0.120. The molecule has 0 unspecified atom stereocenters. The second-order valence-electron chi connectivity index (χ2n) is 4.91. The minimum Gasteiger partial charge on any atom is -0.368 e. The Kier molecular flexibility index (Phi) is 13.8. The number of hydrazine groups is 1. The Morgan fingerprint density at radius 3 is 1.76 bits per heavy atom. The van der Waals surface area contributed by atoms with Crippen LogP contribution in [0.1, 0.15) is 71.1 Å². The van der Waals surface area contributed by atoms with Gasteiger partial charge in [-0.25, -0.2) is 5.01 Å². The van der Waals surface area contributed by atoms with E-state index in [1.807, 2.05) is 0 Å². The average molecular weight is 244 g/mol. The first kappa shape index (κ1) is 16.9. The molecule has 0 saturated heterocycles. The SMILES string of the molecule is CCCCCCCCCCCCN(N)COC. The second-order valence-corrected chi connectivity index (χ2v) is 4.91. The van der Waals surface area contributed by atoms with Crippen molar-refractivity contribution >= 4 is 0 Å². The van der Waals surface area contributed by atoms with E-state index in [2.05, 4.69) is 6.92 Å². The molecule has 17 heavy (non-hydrogen) atoms. The summed E-state index contributed by atoms with van der Waals surface area (Å²) in [6.45, 7) is 3.76. The first-order valence-electron chi connectivity index (χ1n) is 7.29. The van der Waals surface area contributed by atoms with Crippen molar-refractivity contribution in [3.05, 3.63) is 0 Å². The molecule has 0 atom stereocenters. The molecule has 0 aromatic heterocycles. The number of ether oxygens (including phenoxy) is 1. The Morgan fingerprint density at radius 2 is 1.29 bits per heavy atom. The van der Waals surface area contributed by atoms with Crippen LogP contribution in [0.3, 0.4) is 0 Å². The van der Waals surface area contributed by atoms with Crippen molar-refractivity contribution in [1.29, 1.82) is 0 Å². The average Bonchev–Trinajstić information content (AvgIpc) is 2.32. The fourth-order valence-corrected chi connectivity index (χ4v) is 2.03. The maximum Gasteiger partial charge on any atom is 0.111 e. The number of hydrogen-bond donors (Lipinski definition) is 1. The van der Waals surface area contributed by atoms with Crippen LogP contribution in [0.5, 0.6) is 0 Å². The standard InChI is InChI=1S/C14H32N2O/c1-3-4-5-6-7-8-9-10-11-12-13-16(15)14-17-2/h3-15H2,1-2H3. The monoisotopic (exact) mass is 244 g/mol. The molecule has 0 amide bonds. The minimum atomic E-state index is 0.539. The highest BCUT2D eigenvalue weighted by molar-refractivity contribution is 4.49. The Morgan fingerprint density at radius 1 is 0.824 bits per heavy atom. The van der Waals surface area contributed by atoms with Crippen LogP contribution in [0.4, 0.5) is 0 Å². The molecule has 0 saturated carbocycles. The third-order valence-corrected chi connectivity index (χ3v) is 3.09. The lowest BCUT2D eigenvalue weighted by Crippen LogP contribution is -2.33. The Bertz CT molecular complexity index is 142. The molecule has 0 radical (unpaired) electrons. The van der Waals surface area contributed by atoms with Gasteiger partial charge in [-0.3, -0.25) is 5.84 Å². The van der Waals surface area contributed by atoms with Gasteiger partial charge in [0.1, 0.15) is 6.73 Å². The number of unbranched alkanes of at least 4 members (excludes halogenated alkanes) is 9. The lowest BCUT2D eigenvalue weighted by atomic mass is 10.1. The molecule has 0 aliphatic heterocycles. The number of hydrogen-bond acceptors (Lipinski definition) is 3. The molecule has 0 rings (SSSR count). The smallest absolute Gasteiger partial charge is 0.111 e. The predicted molar refractivity (Wildman–Crippen MR) is 74.6 cm³/mol. The van der Waals surface area contributed by atoms with E-state index >= 15 is 0 Å². The van der Waals surface area contributed by atoms with E-state index in [0.717, 1.165) is 6.54 Å². The van der Waals surface area contributed by atoms with Crippen LogP contribution in [0.25, 0.3) is 0 Å². The van der Waals surface area contributed by atoms with Crippen LogP contribution in [0.15, 0.2) is 0 Å². The first-order chi connectivity index (χ1) is 8.31. The van der Waals surface area contributed by atoms with Gasteiger partial charge in [0.2, 0.25) is 0 Å². The van der Waals surface area contributed by atoms with Crippen molar-refractivity contribution in [3.63, 3.8) is 0 Å². The highest BCUT2D eigenvalue weighted by Crippen LogP contribution is 2.10. The molecule has 3 nitrogen and oxygen atoms in total. The summed E-state index contributed by atoms with van der Waals surface area (Å²) in [5.74, 6) is 5.70. The van der Waals surface area contributed by atoms with E-state index in [-0.39, 0.29) is 0 Å². The minimum absolute atomic E-state index is 0.539. The largest absolute Gasteiger partial charge is 0.368 e. The van der Waals surface area contributed by atoms with Crippen LogP contribution >= 0.6 is 0 Å². The van der Waals surface area contributed by atoms with Gasteiger partial charge in [0.05, 0.1) is 0 Å². The second kappa shape index (κ2) is 13.9. The fourth-order valence-electron chi connectivity index (χ4n) is 2.03. The summed E-state index contributed by atoms with van der Waals surface area (Å²) in [4.78, 5) is 0. The number of nitrogens with two attached hydrogens (primary N) is 1. The normalized spacial score (nSPS) is 11.3. The van der Waals surface area contributed by atoms with E-state index in [1.54, 1.807) is 12.1 Å². The van der Waals surface area contributed by atoms with Gasteiger partial charge in [-0.15, -0.1) is 0 Å². The summed E-state index contributed by atoms with van der Waals surface area (Å²) in [6.07, 6.45) is 13.7. The fraction of sp³-hybridized carbons (Fsp3) is 1.00.